The van der Waals surface area contributed by atoms with E-state index in [1.807, 2.05) is 13.8 Å². The summed E-state index contributed by atoms with van der Waals surface area (Å²) in [5.74, 6) is 1.28. The summed E-state index contributed by atoms with van der Waals surface area (Å²) in [6.45, 7) is 6.00. The largest absolute Gasteiger partial charge is 0.229 e. The van der Waals surface area contributed by atoms with Gasteiger partial charge in [-0.3, -0.25) is 0 Å². The van der Waals surface area contributed by atoms with Gasteiger partial charge in [0.05, 0.1) is 11.0 Å². The van der Waals surface area contributed by atoms with Gasteiger partial charge >= 0.3 is 0 Å². The van der Waals surface area contributed by atoms with Crippen molar-refractivity contribution in [3.63, 3.8) is 0 Å². The van der Waals surface area contributed by atoms with Crippen LogP contribution in [0.2, 0.25) is 0 Å². The number of sulfone groups is 1. The molecular weight excluding hydrogens is 160 g/mol. The van der Waals surface area contributed by atoms with Gasteiger partial charge in [-0.2, -0.15) is 0 Å². The Morgan fingerprint density at radius 3 is 2.18 bits per heavy atom. The number of rotatable bonds is 0. The van der Waals surface area contributed by atoms with Crippen molar-refractivity contribution in [1.29, 1.82) is 0 Å². The molecule has 1 aliphatic heterocycles. The minimum Gasteiger partial charge on any atom is -0.229 e. The van der Waals surface area contributed by atoms with Gasteiger partial charge in [0, 0.05) is 0 Å². The quantitative estimate of drug-likeness (QED) is 0.560. The van der Waals surface area contributed by atoms with Gasteiger partial charge in [-0.15, -0.1) is 0 Å². The second-order valence-corrected chi connectivity index (χ2v) is 6.17. The van der Waals surface area contributed by atoms with Crippen molar-refractivity contribution in [1.82, 2.24) is 0 Å². The molecule has 1 rings (SSSR count). The molecule has 0 aromatic heterocycles. The molecule has 3 atom stereocenters. The zero-order valence-corrected chi connectivity index (χ0v) is 8.19. The molecule has 2 nitrogen and oxygen atoms in total. The number of hydrogen-bond acceptors (Lipinski definition) is 2. The Balaban J connectivity index is 2.84. The van der Waals surface area contributed by atoms with E-state index in [0.29, 0.717) is 17.6 Å². The molecule has 0 spiro atoms. The van der Waals surface area contributed by atoms with Crippen LogP contribution in [0.1, 0.15) is 27.2 Å². The highest BCUT2D eigenvalue weighted by Crippen LogP contribution is 2.29. The van der Waals surface area contributed by atoms with E-state index in [4.69, 9.17) is 0 Å². The normalized spacial score (nSPS) is 43.7. The summed E-state index contributed by atoms with van der Waals surface area (Å²) in [5, 5.41) is -0.133. The van der Waals surface area contributed by atoms with E-state index in [1.54, 1.807) is 0 Å². The van der Waals surface area contributed by atoms with Crippen LogP contribution in [-0.2, 0) is 9.84 Å². The molecule has 11 heavy (non-hydrogen) atoms. The number of hydrogen-bond donors (Lipinski definition) is 0. The van der Waals surface area contributed by atoms with E-state index in [0.717, 1.165) is 6.42 Å². The zero-order chi connectivity index (χ0) is 8.65. The van der Waals surface area contributed by atoms with Crippen LogP contribution >= 0.6 is 0 Å². The summed E-state index contributed by atoms with van der Waals surface area (Å²) in [7, 11) is -2.74. The first-order chi connectivity index (χ1) is 4.95. The molecule has 0 amide bonds. The standard InChI is InChI=1S/C8H16O2S/c1-6-4-5-11(9,10)8(3)7(6)2/h6-8H,4-5H2,1-3H3. The average molecular weight is 176 g/mol. The van der Waals surface area contributed by atoms with Crippen LogP contribution in [0.4, 0.5) is 0 Å². The lowest BCUT2D eigenvalue weighted by Gasteiger charge is -2.31. The molecule has 66 valence electrons. The topological polar surface area (TPSA) is 34.1 Å². The molecule has 3 heteroatoms. The predicted octanol–water partition coefficient (Wildman–Crippen LogP) is 1.47. The van der Waals surface area contributed by atoms with E-state index >= 15 is 0 Å². The van der Waals surface area contributed by atoms with Gasteiger partial charge in [0.2, 0.25) is 0 Å². The first-order valence-corrected chi connectivity index (χ1v) is 5.88. The van der Waals surface area contributed by atoms with Crippen LogP contribution in [0.25, 0.3) is 0 Å². The Kier molecular flexibility index (Phi) is 2.28. The maximum atomic E-state index is 11.3. The van der Waals surface area contributed by atoms with Crippen LogP contribution in [0.3, 0.4) is 0 Å². The molecular formula is C8H16O2S. The first-order valence-electron chi connectivity index (χ1n) is 4.16. The Hall–Kier alpha value is -0.0500. The van der Waals surface area contributed by atoms with Crippen molar-refractivity contribution >= 4 is 9.84 Å². The van der Waals surface area contributed by atoms with Gasteiger partial charge in [-0.25, -0.2) is 8.42 Å². The van der Waals surface area contributed by atoms with E-state index in [-0.39, 0.29) is 5.25 Å². The molecule has 0 N–H and O–H groups in total. The van der Waals surface area contributed by atoms with Crippen molar-refractivity contribution in [3.8, 4) is 0 Å². The smallest absolute Gasteiger partial charge is 0.153 e. The van der Waals surface area contributed by atoms with E-state index in [9.17, 15) is 8.42 Å². The minimum absolute atomic E-state index is 0.133. The molecule has 0 aromatic rings. The Morgan fingerprint density at radius 1 is 1.18 bits per heavy atom. The Labute approximate surface area is 68.9 Å². The molecule has 0 aliphatic carbocycles. The van der Waals surface area contributed by atoms with Crippen molar-refractivity contribution in [3.05, 3.63) is 0 Å². The molecule has 0 radical (unpaired) electrons. The van der Waals surface area contributed by atoms with Gasteiger partial charge in [-0.1, -0.05) is 13.8 Å². The molecule has 0 aromatic carbocycles. The highest BCUT2D eigenvalue weighted by atomic mass is 32.2. The highest BCUT2D eigenvalue weighted by molar-refractivity contribution is 7.92. The monoisotopic (exact) mass is 176 g/mol. The van der Waals surface area contributed by atoms with Gasteiger partial charge in [0.1, 0.15) is 0 Å². The van der Waals surface area contributed by atoms with E-state index in [1.165, 1.54) is 0 Å². The summed E-state index contributed by atoms with van der Waals surface area (Å²) >= 11 is 0. The first kappa shape index (κ1) is 9.04. The second-order valence-electron chi connectivity index (χ2n) is 3.70. The van der Waals surface area contributed by atoms with Gasteiger partial charge in [0.25, 0.3) is 0 Å². The molecule has 1 fully saturated rings. The van der Waals surface area contributed by atoms with Crippen LogP contribution in [0, 0.1) is 11.8 Å². The SMILES string of the molecule is CC1CCS(=O)(=O)C(C)C1C. The summed E-state index contributed by atoms with van der Waals surface area (Å²) in [6, 6.07) is 0. The van der Waals surface area contributed by atoms with Crippen LogP contribution < -0.4 is 0 Å². The Bertz CT molecular complexity index is 230. The third-order valence-corrected chi connectivity index (χ3v) is 5.43. The third kappa shape index (κ3) is 1.58. The van der Waals surface area contributed by atoms with Gasteiger partial charge in [-0.05, 0) is 25.2 Å². The van der Waals surface area contributed by atoms with Crippen molar-refractivity contribution in [2.75, 3.05) is 5.75 Å². The maximum Gasteiger partial charge on any atom is 0.153 e. The lowest BCUT2D eigenvalue weighted by Crippen LogP contribution is -2.37. The maximum absolute atomic E-state index is 11.3. The summed E-state index contributed by atoms with van der Waals surface area (Å²) in [6.07, 6.45) is 0.841. The summed E-state index contributed by atoms with van der Waals surface area (Å²) < 4.78 is 22.7. The molecule has 0 saturated carbocycles. The van der Waals surface area contributed by atoms with Gasteiger partial charge < -0.3 is 0 Å². The van der Waals surface area contributed by atoms with Crippen molar-refractivity contribution < 1.29 is 8.42 Å². The van der Waals surface area contributed by atoms with Crippen LogP contribution in [0.5, 0.6) is 0 Å². The lowest BCUT2D eigenvalue weighted by atomic mass is 9.91. The van der Waals surface area contributed by atoms with Gasteiger partial charge in [0.15, 0.2) is 9.84 Å². The fourth-order valence-electron chi connectivity index (χ4n) is 1.59. The van der Waals surface area contributed by atoms with Crippen molar-refractivity contribution in [2.24, 2.45) is 11.8 Å². The minimum atomic E-state index is -2.74. The second kappa shape index (κ2) is 2.77. The zero-order valence-electron chi connectivity index (χ0n) is 7.37. The Morgan fingerprint density at radius 2 is 1.73 bits per heavy atom. The average Bonchev–Trinajstić information content (AvgIpc) is 1.95. The van der Waals surface area contributed by atoms with Crippen LogP contribution in [-0.4, -0.2) is 19.4 Å². The molecule has 1 saturated heterocycles. The fourth-order valence-corrected chi connectivity index (χ4v) is 3.58. The fraction of sp³-hybridized carbons (Fsp3) is 1.00. The summed E-state index contributed by atoms with van der Waals surface area (Å²) in [5.41, 5.74) is 0. The van der Waals surface area contributed by atoms with Crippen LogP contribution in [0.15, 0.2) is 0 Å². The molecule has 3 unspecified atom stereocenters. The molecule has 1 heterocycles. The molecule has 0 bridgehead atoms. The summed E-state index contributed by atoms with van der Waals surface area (Å²) in [4.78, 5) is 0. The highest BCUT2D eigenvalue weighted by Gasteiger charge is 2.34. The van der Waals surface area contributed by atoms with E-state index < -0.39 is 9.84 Å². The van der Waals surface area contributed by atoms with Crippen molar-refractivity contribution in [2.45, 2.75) is 32.4 Å². The molecule has 1 aliphatic rings. The third-order valence-electron chi connectivity index (χ3n) is 3.06. The van der Waals surface area contributed by atoms with E-state index in [2.05, 4.69) is 6.92 Å². The lowest BCUT2D eigenvalue weighted by molar-refractivity contribution is 0.346. The predicted molar refractivity (Wildman–Crippen MR) is 46.2 cm³/mol.